The lowest BCUT2D eigenvalue weighted by atomic mass is 9.84. The number of pyridine rings is 1. The van der Waals surface area contributed by atoms with Crippen LogP contribution in [-0.4, -0.2) is 35.1 Å². The second-order valence-electron chi connectivity index (χ2n) is 5.58. The first-order chi connectivity index (χ1) is 9.24. The second kappa shape index (κ2) is 6.36. The molecule has 20 heavy (non-hydrogen) atoms. The number of aromatic nitrogens is 1. The third-order valence-electron chi connectivity index (χ3n) is 2.94. The van der Waals surface area contributed by atoms with Gasteiger partial charge in [-0.1, -0.05) is 20.8 Å². The number of hydrogen-bond acceptors (Lipinski definition) is 4. The summed E-state index contributed by atoms with van der Waals surface area (Å²) >= 11 is 0. The molecule has 1 amide bonds. The van der Waals surface area contributed by atoms with Crippen molar-refractivity contribution in [2.45, 2.75) is 33.2 Å². The topological polar surface area (TPSA) is 88.5 Å². The number of amides is 1. The van der Waals surface area contributed by atoms with Gasteiger partial charge in [-0.2, -0.15) is 0 Å². The number of methoxy groups -OCH3 is 1. The van der Waals surface area contributed by atoms with Gasteiger partial charge in [0.25, 0.3) is 5.91 Å². The zero-order chi connectivity index (χ0) is 15.3. The average Bonchev–Trinajstić information content (AvgIpc) is 2.36. The summed E-state index contributed by atoms with van der Waals surface area (Å²) in [4.78, 5) is 26.9. The number of aliphatic carboxylic acids is 1. The Labute approximate surface area is 118 Å². The first kappa shape index (κ1) is 15.9. The van der Waals surface area contributed by atoms with Crippen LogP contribution in [0.2, 0.25) is 0 Å². The SMILES string of the molecule is COc1ccc(C(=O)NC(CC(=O)O)C(C)(C)C)cn1. The largest absolute Gasteiger partial charge is 0.481 e. The number of nitrogens with zero attached hydrogens (tertiary/aromatic N) is 1. The molecule has 0 aliphatic carbocycles. The van der Waals surface area contributed by atoms with Crippen molar-refractivity contribution in [2.24, 2.45) is 5.41 Å². The summed E-state index contributed by atoms with van der Waals surface area (Å²) in [5.74, 6) is -0.876. The molecule has 110 valence electrons. The fourth-order valence-electron chi connectivity index (χ4n) is 1.63. The molecule has 1 rings (SSSR count). The maximum atomic E-state index is 12.1. The Hall–Kier alpha value is -2.11. The lowest BCUT2D eigenvalue weighted by Gasteiger charge is -2.30. The molecule has 6 nitrogen and oxygen atoms in total. The highest BCUT2D eigenvalue weighted by molar-refractivity contribution is 5.94. The van der Waals surface area contributed by atoms with Crippen molar-refractivity contribution in [3.8, 4) is 5.88 Å². The first-order valence-electron chi connectivity index (χ1n) is 6.26. The van der Waals surface area contributed by atoms with E-state index in [4.69, 9.17) is 9.84 Å². The molecule has 6 heteroatoms. The van der Waals surface area contributed by atoms with Crippen molar-refractivity contribution >= 4 is 11.9 Å². The van der Waals surface area contributed by atoms with E-state index in [0.717, 1.165) is 0 Å². The Morgan fingerprint density at radius 2 is 2.05 bits per heavy atom. The van der Waals surface area contributed by atoms with E-state index in [1.807, 2.05) is 20.8 Å². The van der Waals surface area contributed by atoms with Crippen LogP contribution in [-0.2, 0) is 4.79 Å². The van der Waals surface area contributed by atoms with Gasteiger partial charge in [0.1, 0.15) is 0 Å². The molecule has 1 aromatic heterocycles. The number of nitrogens with one attached hydrogen (secondary N) is 1. The number of hydrogen-bond donors (Lipinski definition) is 2. The van der Waals surface area contributed by atoms with Gasteiger partial charge in [-0.05, 0) is 11.5 Å². The van der Waals surface area contributed by atoms with Crippen LogP contribution in [0.1, 0.15) is 37.6 Å². The van der Waals surface area contributed by atoms with E-state index < -0.39 is 12.0 Å². The van der Waals surface area contributed by atoms with E-state index >= 15 is 0 Å². The molecule has 0 aliphatic rings. The number of carbonyl (C=O) groups is 2. The van der Waals surface area contributed by atoms with E-state index in [9.17, 15) is 9.59 Å². The Morgan fingerprint density at radius 1 is 1.40 bits per heavy atom. The van der Waals surface area contributed by atoms with Crippen LogP contribution in [0.15, 0.2) is 18.3 Å². The van der Waals surface area contributed by atoms with Crippen molar-refractivity contribution < 1.29 is 19.4 Å². The Bertz CT molecular complexity index is 477. The summed E-state index contributed by atoms with van der Waals surface area (Å²) in [5.41, 5.74) is 0.0129. The van der Waals surface area contributed by atoms with Crippen LogP contribution in [0.3, 0.4) is 0 Å². The number of ether oxygens (including phenoxy) is 1. The standard InChI is InChI=1S/C14H20N2O4/c1-14(2,3)10(7-12(17)18)16-13(19)9-5-6-11(20-4)15-8-9/h5-6,8,10H,7H2,1-4H3,(H,16,19)(H,17,18). The summed E-state index contributed by atoms with van der Waals surface area (Å²) in [6, 6.07) is 2.70. The van der Waals surface area contributed by atoms with Crippen LogP contribution in [0.5, 0.6) is 5.88 Å². The van der Waals surface area contributed by atoms with Gasteiger partial charge in [0.05, 0.1) is 19.1 Å². The van der Waals surface area contributed by atoms with Crippen LogP contribution >= 0.6 is 0 Å². The fourth-order valence-corrected chi connectivity index (χ4v) is 1.63. The van der Waals surface area contributed by atoms with Gasteiger partial charge in [-0.15, -0.1) is 0 Å². The summed E-state index contributed by atoms with van der Waals surface area (Å²) in [5, 5.41) is 11.7. The molecule has 0 radical (unpaired) electrons. The lowest BCUT2D eigenvalue weighted by Crippen LogP contribution is -2.45. The second-order valence-corrected chi connectivity index (χ2v) is 5.58. The highest BCUT2D eigenvalue weighted by Gasteiger charge is 2.28. The minimum Gasteiger partial charge on any atom is -0.481 e. The Kier molecular flexibility index (Phi) is 5.07. The molecule has 1 atom stereocenters. The molecule has 0 spiro atoms. The predicted octanol–water partition coefficient (Wildman–Crippen LogP) is 1.71. The van der Waals surface area contributed by atoms with Crippen molar-refractivity contribution in [3.63, 3.8) is 0 Å². The highest BCUT2D eigenvalue weighted by atomic mass is 16.5. The summed E-state index contributed by atoms with van der Waals surface area (Å²) in [6.45, 7) is 5.65. The van der Waals surface area contributed by atoms with Gasteiger partial charge in [-0.3, -0.25) is 9.59 Å². The number of carboxylic acid groups (broad SMARTS) is 1. The van der Waals surface area contributed by atoms with E-state index in [1.165, 1.54) is 13.3 Å². The van der Waals surface area contributed by atoms with E-state index in [2.05, 4.69) is 10.3 Å². The highest BCUT2D eigenvalue weighted by Crippen LogP contribution is 2.22. The van der Waals surface area contributed by atoms with Crippen molar-refractivity contribution in [1.29, 1.82) is 0 Å². The minimum atomic E-state index is -0.946. The maximum Gasteiger partial charge on any atom is 0.305 e. The molecule has 0 saturated heterocycles. The van der Waals surface area contributed by atoms with E-state index in [1.54, 1.807) is 12.1 Å². The fraction of sp³-hybridized carbons (Fsp3) is 0.500. The molecule has 0 aromatic carbocycles. The van der Waals surface area contributed by atoms with Crippen LogP contribution < -0.4 is 10.1 Å². The maximum absolute atomic E-state index is 12.1. The number of carboxylic acids is 1. The minimum absolute atomic E-state index is 0.126. The predicted molar refractivity (Wildman–Crippen MR) is 73.8 cm³/mol. The molecule has 1 aromatic rings. The van der Waals surface area contributed by atoms with Crippen LogP contribution in [0.4, 0.5) is 0 Å². The molecule has 0 aliphatic heterocycles. The Morgan fingerprint density at radius 3 is 2.45 bits per heavy atom. The third-order valence-corrected chi connectivity index (χ3v) is 2.94. The van der Waals surface area contributed by atoms with Crippen molar-refractivity contribution in [3.05, 3.63) is 23.9 Å². The van der Waals surface area contributed by atoms with E-state index in [-0.39, 0.29) is 17.7 Å². The van der Waals surface area contributed by atoms with Gasteiger partial charge in [0, 0.05) is 18.3 Å². The number of carbonyl (C=O) groups excluding carboxylic acids is 1. The van der Waals surface area contributed by atoms with Crippen LogP contribution in [0, 0.1) is 5.41 Å². The molecule has 0 bridgehead atoms. The zero-order valence-corrected chi connectivity index (χ0v) is 12.1. The normalized spacial score (nSPS) is 12.6. The van der Waals surface area contributed by atoms with Gasteiger partial charge >= 0.3 is 5.97 Å². The van der Waals surface area contributed by atoms with Gasteiger partial charge < -0.3 is 15.2 Å². The first-order valence-corrected chi connectivity index (χ1v) is 6.26. The summed E-state index contributed by atoms with van der Waals surface area (Å²) < 4.78 is 4.92. The lowest BCUT2D eigenvalue weighted by molar-refractivity contribution is -0.138. The van der Waals surface area contributed by atoms with Crippen LogP contribution in [0.25, 0.3) is 0 Å². The monoisotopic (exact) mass is 280 g/mol. The molecule has 0 fully saturated rings. The Balaban J connectivity index is 2.81. The van der Waals surface area contributed by atoms with Gasteiger partial charge in [0.2, 0.25) is 5.88 Å². The molecule has 2 N–H and O–H groups in total. The van der Waals surface area contributed by atoms with Crippen molar-refractivity contribution in [1.82, 2.24) is 10.3 Å². The quantitative estimate of drug-likeness (QED) is 0.857. The summed E-state index contributed by atoms with van der Waals surface area (Å²) in [6.07, 6.45) is 1.27. The summed E-state index contributed by atoms with van der Waals surface area (Å²) in [7, 11) is 1.49. The molecular formula is C14H20N2O4. The zero-order valence-electron chi connectivity index (χ0n) is 12.1. The molecule has 0 saturated carbocycles. The molecular weight excluding hydrogens is 260 g/mol. The van der Waals surface area contributed by atoms with Crippen molar-refractivity contribution in [2.75, 3.05) is 7.11 Å². The average molecular weight is 280 g/mol. The van der Waals surface area contributed by atoms with E-state index in [0.29, 0.717) is 11.4 Å². The molecule has 1 unspecified atom stereocenters. The van der Waals surface area contributed by atoms with Gasteiger partial charge in [0.15, 0.2) is 0 Å². The smallest absolute Gasteiger partial charge is 0.305 e. The van der Waals surface area contributed by atoms with Gasteiger partial charge in [-0.25, -0.2) is 4.98 Å². The molecule has 1 heterocycles. The number of rotatable bonds is 5. The third kappa shape index (κ3) is 4.53.